The van der Waals surface area contributed by atoms with Crippen molar-refractivity contribution in [3.8, 4) is 0 Å². The molecule has 1 fully saturated rings. The highest BCUT2D eigenvalue weighted by Gasteiger charge is 2.26. The molecule has 0 aliphatic carbocycles. The molecule has 0 bridgehead atoms. The molecule has 1 N–H and O–H groups in total. The van der Waals surface area contributed by atoms with Crippen molar-refractivity contribution in [2.24, 2.45) is 0 Å². The fraction of sp³-hybridized carbons (Fsp3) is 0.500. The molecule has 3 aromatic heterocycles. The molecule has 5 nitrogen and oxygen atoms in total. The minimum atomic E-state index is -0.574. The number of imidazole rings is 1. The van der Waals surface area contributed by atoms with Gasteiger partial charge < -0.3 is 14.6 Å². The fourth-order valence-corrected chi connectivity index (χ4v) is 4.40. The van der Waals surface area contributed by atoms with Gasteiger partial charge in [-0.3, -0.25) is 4.98 Å². The zero-order valence-electron chi connectivity index (χ0n) is 12.9. The van der Waals surface area contributed by atoms with Crippen molar-refractivity contribution in [3.05, 3.63) is 23.5 Å². The number of hydrogen-bond acceptors (Lipinski definition) is 5. The van der Waals surface area contributed by atoms with Gasteiger partial charge in [0, 0.05) is 12.6 Å². The maximum Gasteiger partial charge on any atom is 0.138 e. The van der Waals surface area contributed by atoms with E-state index in [4.69, 9.17) is 0 Å². The largest absolute Gasteiger partial charge is 0.385 e. The quantitative estimate of drug-likeness (QED) is 0.790. The van der Waals surface area contributed by atoms with E-state index in [-0.39, 0.29) is 0 Å². The third-order valence-electron chi connectivity index (χ3n) is 4.49. The molecule has 4 heterocycles. The minimum Gasteiger partial charge on any atom is -0.385 e. The van der Waals surface area contributed by atoms with E-state index in [2.05, 4.69) is 31.9 Å². The number of thiophene rings is 1. The Kier molecular flexibility index (Phi) is 3.40. The molecule has 0 aromatic carbocycles. The summed E-state index contributed by atoms with van der Waals surface area (Å²) >= 11 is 1.70. The van der Waals surface area contributed by atoms with E-state index in [1.54, 1.807) is 18.3 Å². The molecule has 3 aromatic rings. The lowest BCUT2D eigenvalue weighted by Gasteiger charge is -2.32. The predicted molar refractivity (Wildman–Crippen MR) is 89.3 cm³/mol. The molecule has 1 saturated heterocycles. The third kappa shape index (κ3) is 2.14. The number of aliphatic hydroxyl groups is 1. The standard InChI is InChI=1S/C16H20N4OS/c1-10(21)16-18-13-8-17-12-5-7-22-15(12)14(13)20(16)11-4-3-6-19(2)9-11/h5,7-8,10-11,21H,3-4,6,9H2,1-2H3/t10-,11+/m1/s1. The first-order valence-electron chi connectivity index (χ1n) is 7.76. The molecule has 0 amide bonds. The van der Waals surface area contributed by atoms with Gasteiger partial charge >= 0.3 is 0 Å². The molecule has 2 atom stereocenters. The van der Waals surface area contributed by atoms with Crippen molar-refractivity contribution in [2.75, 3.05) is 20.1 Å². The number of piperidine rings is 1. The summed E-state index contributed by atoms with van der Waals surface area (Å²) in [6.07, 6.45) is 3.57. The van der Waals surface area contributed by atoms with Crippen LogP contribution in [-0.2, 0) is 0 Å². The van der Waals surface area contributed by atoms with Crippen LogP contribution in [0.5, 0.6) is 0 Å². The number of likely N-dealkylation sites (N-methyl/N-ethyl adjacent to an activating group) is 1. The summed E-state index contributed by atoms with van der Waals surface area (Å²) in [6.45, 7) is 3.94. The Morgan fingerprint density at radius 1 is 1.41 bits per heavy atom. The summed E-state index contributed by atoms with van der Waals surface area (Å²) in [5, 5.41) is 12.3. The van der Waals surface area contributed by atoms with E-state index in [0.29, 0.717) is 6.04 Å². The second kappa shape index (κ2) is 5.30. The Morgan fingerprint density at radius 3 is 3.05 bits per heavy atom. The summed E-state index contributed by atoms with van der Waals surface area (Å²) in [5.41, 5.74) is 3.04. The van der Waals surface area contributed by atoms with E-state index >= 15 is 0 Å². The number of fused-ring (bicyclic) bond motifs is 3. The van der Waals surface area contributed by atoms with E-state index in [1.165, 1.54) is 11.1 Å². The molecular weight excluding hydrogens is 296 g/mol. The van der Waals surface area contributed by atoms with Gasteiger partial charge in [0.1, 0.15) is 17.4 Å². The summed E-state index contributed by atoms with van der Waals surface area (Å²) in [6, 6.07) is 2.41. The van der Waals surface area contributed by atoms with Gasteiger partial charge in [-0.15, -0.1) is 11.3 Å². The lowest BCUT2D eigenvalue weighted by atomic mass is 10.1. The number of pyridine rings is 1. The molecule has 0 saturated carbocycles. The molecule has 4 rings (SSSR count). The number of aliphatic hydroxyl groups excluding tert-OH is 1. The summed E-state index contributed by atoms with van der Waals surface area (Å²) < 4.78 is 3.45. The molecule has 0 radical (unpaired) electrons. The van der Waals surface area contributed by atoms with Crippen LogP contribution in [0, 0.1) is 0 Å². The minimum absolute atomic E-state index is 0.362. The SMILES string of the molecule is C[C@@H](O)c1nc2cnc3ccsc3c2n1[C@H]1CCCN(C)C1. The van der Waals surface area contributed by atoms with Crippen molar-refractivity contribution in [1.82, 2.24) is 19.4 Å². The zero-order valence-corrected chi connectivity index (χ0v) is 13.7. The van der Waals surface area contributed by atoms with Crippen LogP contribution in [0.1, 0.15) is 37.7 Å². The summed E-state index contributed by atoms with van der Waals surface area (Å²) in [5.74, 6) is 0.762. The molecule has 1 aliphatic heterocycles. The number of rotatable bonds is 2. The molecule has 22 heavy (non-hydrogen) atoms. The fourth-order valence-electron chi connectivity index (χ4n) is 3.51. The highest BCUT2D eigenvalue weighted by Crippen LogP contribution is 2.35. The first-order chi connectivity index (χ1) is 10.6. The molecule has 1 aliphatic rings. The zero-order chi connectivity index (χ0) is 15.3. The smallest absolute Gasteiger partial charge is 0.138 e. The maximum atomic E-state index is 10.2. The van der Waals surface area contributed by atoms with Gasteiger partial charge in [0.2, 0.25) is 0 Å². The monoisotopic (exact) mass is 316 g/mol. The normalized spacial score (nSPS) is 21.7. The summed E-state index contributed by atoms with van der Waals surface area (Å²) in [7, 11) is 2.16. The van der Waals surface area contributed by atoms with Crippen molar-refractivity contribution >= 4 is 32.6 Å². The van der Waals surface area contributed by atoms with Gasteiger partial charge in [0.05, 0.1) is 21.9 Å². The van der Waals surface area contributed by atoms with E-state index < -0.39 is 6.10 Å². The van der Waals surface area contributed by atoms with Gasteiger partial charge in [-0.1, -0.05) is 0 Å². The van der Waals surface area contributed by atoms with Crippen molar-refractivity contribution in [3.63, 3.8) is 0 Å². The van der Waals surface area contributed by atoms with Crippen LogP contribution in [0.2, 0.25) is 0 Å². The number of likely N-dealkylation sites (tertiary alicyclic amines) is 1. The third-order valence-corrected chi connectivity index (χ3v) is 5.40. The van der Waals surface area contributed by atoms with Gasteiger partial charge in [0.25, 0.3) is 0 Å². The Morgan fingerprint density at radius 2 is 2.27 bits per heavy atom. The van der Waals surface area contributed by atoms with Crippen molar-refractivity contribution in [2.45, 2.75) is 31.9 Å². The Hall–Kier alpha value is -1.50. The Labute approximate surface area is 133 Å². The average molecular weight is 316 g/mol. The van der Waals surface area contributed by atoms with Gasteiger partial charge in [-0.2, -0.15) is 0 Å². The van der Waals surface area contributed by atoms with Crippen LogP contribution in [-0.4, -0.2) is 44.7 Å². The average Bonchev–Trinajstić information content (AvgIpc) is 3.10. The van der Waals surface area contributed by atoms with Crippen LogP contribution in [0.25, 0.3) is 21.3 Å². The lowest BCUT2D eigenvalue weighted by Crippen LogP contribution is -2.34. The van der Waals surface area contributed by atoms with Crippen LogP contribution >= 0.6 is 11.3 Å². The number of aromatic nitrogens is 3. The first kappa shape index (κ1) is 14.1. The van der Waals surface area contributed by atoms with E-state index in [9.17, 15) is 5.11 Å². The topological polar surface area (TPSA) is 54.2 Å². The van der Waals surface area contributed by atoms with Crippen LogP contribution in [0.15, 0.2) is 17.6 Å². The highest BCUT2D eigenvalue weighted by molar-refractivity contribution is 7.18. The number of hydrogen-bond donors (Lipinski definition) is 1. The number of nitrogens with zero attached hydrogens (tertiary/aromatic N) is 4. The second-order valence-electron chi connectivity index (χ2n) is 6.20. The lowest BCUT2D eigenvalue weighted by molar-refractivity contribution is 0.166. The Balaban J connectivity index is 1.99. The van der Waals surface area contributed by atoms with E-state index in [1.807, 2.05) is 12.3 Å². The van der Waals surface area contributed by atoms with Crippen molar-refractivity contribution < 1.29 is 5.11 Å². The highest BCUT2D eigenvalue weighted by atomic mass is 32.1. The Bertz CT molecular complexity index is 822. The van der Waals surface area contributed by atoms with Crippen molar-refractivity contribution in [1.29, 1.82) is 0 Å². The van der Waals surface area contributed by atoms with Gasteiger partial charge in [0.15, 0.2) is 0 Å². The molecule has 0 unspecified atom stereocenters. The van der Waals surface area contributed by atoms with Gasteiger partial charge in [-0.25, -0.2) is 4.98 Å². The van der Waals surface area contributed by atoms with Crippen LogP contribution in [0.3, 0.4) is 0 Å². The second-order valence-corrected chi connectivity index (χ2v) is 7.12. The first-order valence-corrected chi connectivity index (χ1v) is 8.63. The molecule has 6 heteroatoms. The molecule has 116 valence electrons. The molecule has 0 spiro atoms. The van der Waals surface area contributed by atoms with Crippen LogP contribution in [0.4, 0.5) is 0 Å². The maximum absolute atomic E-state index is 10.2. The van der Waals surface area contributed by atoms with E-state index in [0.717, 1.165) is 41.9 Å². The predicted octanol–water partition coefficient (Wildman–Crippen LogP) is 2.97. The van der Waals surface area contributed by atoms with Gasteiger partial charge in [-0.05, 0) is 44.8 Å². The molecular formula is C16H20N4OS. The van der Waals surface area contributed by atoms with Crippen LogP contribution < -0.4 is 0 Å². The summed E-state index contributed by atoms with van der Waals surface area (Å²) in [4.78, 5) is 11.5.